The van der Waals surface area contributed by atoms with E-state index in [2.05, 4.69) is 10.6 Å². The minimum atomic E-state index is -0.851. The first-order chi connectivity index (χ1) is 15.0. The third-order valence-electron chi connectivity index (χ3n) is 7.12. The number of aliphatic hydroxyl groups excluding tert-OH is 2. The summed E-state index contributed by atoms with van der Waals surface area (Å²) in [6.45, 7) is -0.0322. The van der Waals surface area contributed by atoms with Gasteiger partial charge in [0, 0.05) is 24.2 Å². The number of aliphatic hydroxyl groups is 2. The number of fused-ring (bicyclic) bond motifs is 2. The normalized spacial score (nSPS) is 30.2. The summed E-state index contributed by atoms with van der Waals surface area (Å²) in [6, 6.07) is 12.9. The molecule has 1 aliphatic heterocycles. The van der Waals surface area contributed by atoms with Gasteiger partial charge in [-0.1, -0.05) is 30.3 Å². The summed E-state index contributed by atoms with van der Waals surface area (Å²) in [4.78, 5) is 25.7. The van der Waals surface area contributed by atoms with Gasteiger partial charge in [0.25, 0.3) is 11.8 Å². The van der Waals surface area contributed by atoms with E-state index in [1.807, 2.05) is 30.3 Å². The van der Waals surface area contributed by atoms with Crippen LogP contribution in [0.4, 0.5) is 0 Å². The van der Waals surface area contributed by atoms with Crippen LogP contribution in [0.15, 0.2) is 42.5 Å². The van der Waals surface area contributed by atoms with E-state index in [1.165, 1.54) is 7.05 Å². The van der Waals surface area contributed by atoms with Crippen LogP contribution in [-0.2, 0) is 5.41 Å². The standard InChI is InChI=1S/C24H26N2O5/c1-25-23(30)18-7-13(22(29)26-20-16-9-15(28)10-17(16)20)8-19-21(18)31-12-24(19,11-27)14-5-3-2-4-6-14/h2-8,15-17,20,27-28H,9-12H2,1H3,(H,25,30)(H,26,29)/t15?,16-,17+,20?,24-/m0/s1. The molecule has 0 aromatic heterocycles. The van der Waals surface area contributed by atoms with Crippen molar-refractivity contribution in [1.29, 1.82) is 0 Å². The zero-order chi connectivity index (χ0) is 21.8. The van der Waals surface area contributed by atoms with E-state index in [1.54, 1.807) is 12.1 Å². The summed E-state index contributed by atoms with van der Waals surface area (Å²) in [7, 11) is 1.53. The van der Waals surface area contributed by atoms with E-state index in [0.717, 1.165) is 18.4 Å². The van der Waals surface area contributed by atoms with Gasteiger partial charge in [0.05, 0.1) is 23.7 Å². The molecule has 2 unspecified atom stereocenters. The summed E-state index contributed by atoms with van der Waals surface area (Å²) in [5, 5.41) is 25.8. The first-order valence-corrected chi connectivity index (χ1v) is 10.7. The van der Waals surface area contributed by atoms with Crippen molar-refractivity contribution in [3.63, 3.8) is 0 Å². The monoisotopic (exact) mass is 422 g/mol. The first-order valence-electron chi connectivity index (χ1n) is 10.7. The van der Waals surface area contributed by atoms with Gasteiger partial charge in [-0.05, 0) is 42.4 Å². The van der Waals surface area contributed by atoms with Gasteiger partial charge in [0.15, 0.2) is 0 Å². The molecule has 0 saturated heterocycles. The van der Waals surface area contributed by atoms with E-state index in [4.69, 9.17) is 4.74 Å². The van der Waals surface area contributed by atoms with Crippen LogP contribution in [0.25, 0.3) is 0 Å². The third kappa shape index (κ3) is 3.11. The molecule has 7 nitrogen and oxygen atoms in total. The number of rotatable bonds is 5. The maximum absolute atomic E-state index is 13.1. The summed E-state index contributed by atoms with van der Waals surface area (Å²) in [5.41, 5.74) is 1.29. The Morgan fingerprint density at radius 3 is 2.48 bits per heavy atom. The Hall–Kier alpha value is -2.90. The molecular weight excluding hydrogens is 396 g/mol. The van der Waals surface area contributed by atoms with Crippen molar-refractivity contribution in [3.05, 3.63) is 64.7 Å². The number of benzene rings is 2. The van der Waals surface area contributed by atoms with Gasteiger partial charge in [0.1, 0.15) is 12.4 Å². The van der Waals surface area contributed by atoms with Gasteiger partial charge in [0.2, 0.25) is 0 Å². The van der Waals surface area contributed by atoms with E-state index in [0.29, 0.717) is 28.7 Å². The van der Waals surface area contributed by atoms with E-state index in [-0.39, 0.29) is 42.7 Å². The summed E-state index contributed by atoms with van der Waals surface area (Å²) in [5.74, 6) is 0.458. The molecule has 7 heteroatoms. The molecule has 0 spiro atoms. The zero-order valence-corrected chi connectivity index (χ0v) is 17.3. The van der Waals surface area contributed by atoms with Gasteiger partial charge < -0.3 is 25.6 Å². The van der Waals surface area contributed by atoms with E-state index < -0.39 is 5.41 Å². The highest BCUT2D eigenvalue weighted by molar-refractivity contribution is 6.02. The molecule has 2 aliphatic carbocycles. The molecule has 4 N–H and O–H groups in total. The highest BCUT2D eigenvalue weighted by Gasteiger charge is 2.56. The smallest absolute Gasteiger partial charge is 0.254 e. The lowest BCUT2D eigenvalue weighted by Crippen LogP contribution is -2.34. The maximum Gasteiger partial charge on any atom is 0.254 e. The second-order valence-corrected chi connectivity index (χ2v) is 8.83. The maximum atomic E-state index is 13.1. The van der Waals surface area contributed by atoms with Crippen LogP contribution in [0.1, 0.15) is 44.7 Å². The lowest BCUT2D eigenvalue weighted by atomic mass is 9.76. The molecule has 2 fully saturated rings. The Morgan fingerprint density at radius 2 is 1.84 bits per heavy atom. The van der Waals surface area contributed by atoms with Gasteiger partial charge in [-0.25, -0.2) is 0 Å². The molecule has 0 bridgehead atoms. The number of carbonyl (C=O) groups is 2. The van der Waals surface area contributed by atoms with Crippen LogP contribution in [0.2, 0.25) is 0 Å². The molecule has 2 aromatic carbocycles. The molecule has 31 heavy (non-hydrogen) atoms. The average Bonchev–Trinajstić information content (AvgIpc) is 3.13. The Labute approximate surface area is 180 Å². The summed E-state index contributed by atoms with van der Waals surface area (Å²) >= 11 is 0. The Balaban J connectivity index is 1.54. The van der Waals surface area contributed by atoms with Crippen molar-refractivity contribution in [3.8, 4) is 5.75 Å². The Morgan fingerprint density at radius 1 is 1.13 bits per heavy atom. The molecule has 2 aromatic rings. The molecule has 5 rings (SSSR count). The van der Waals surface area contributed by atoms with Crippen LogP contribution in [0.3, 0.4) is 0 Å². The minimum Gasteiger partial charge on any atom is -0.491 e. The van der Waals surface area contributed by atoms with Crippen LogP contribution in [0.5, 0.6) is 5.75 Å². The van der Waals surface area contributed by atoms with Crippen molar-refractivity contribution < 1.29 is 24.5 Å². The number of ether oxygens (including phenoxy) is 1. The fourth-order valence-electron chi connectivity index (χ4n) is 5.33. The predicted octanol–water partition coefficient (Wildman–Crippen LogP) is 1.22. The SMILES string of the molecule is CNC(=O)c1cc(C(=O)NC2[C@H]3CC(O)C[C@@H]23)cc2c1OC[C@@]2(CO)c1ccccc1. The predicted molar refractivity (Wildman–Crippen MR) is 113 cm³/mol. The van der Waals surface area contributed by atoms with Gasteiger partial charge >= 0.3 is 0 Å². The van der Waals surface area contributed by atoms with Gasteiger partial charge in [-0.15, -0.1) is 0 Å². The van der Waals surface area contributed by atoms with Gasteiger partial charge in [-0.3, -0.25) is 9.59 Å². The molecule has 0 radical (unpaired) electrons. The lowest BCUT2D eigenvalue weighted by Gasteiger charge is -2.26. The zero-order valence-electron chi connectivity index (χ0n) is 17.3. The van der Waals surface area contributed by atoms with E-state index in [9.17, 15) is 19.8 Å². The number of carbonyl (C=O) groups excluding carboxylic acids is 2. The van der Waals surface area contributed by atoms with Gasteiger partial charge in [-0.2, -0.15) is 0 Å². The Kier molecular flexibility index (Phi) is 4.75. The number of nitrogens with one attached hydrogen (secondary N) is 2. The average molecular weight is 422 g/mol. The first kappa shape index (κ1) is 20.0. The topological polar surface area (TPSA) is 108 Å². The van der Waals surface area contributed by atoms with Crippen LogP contribution in [-0.4, -0.2) is 54.4 Å². The van der Waals surface area contributed by atoms with Crippen molar-refractivity contribution in [2.24, 2.45) is 11.8 Å². The molecule has 1 heterocycles. The highest BCUT2D eigenvalue weighted by atomic mass is 16.5. The molecule has 162 valence electrons. The number of hydrogen-bond acceptors (Lipinski definition) is 5. The molecular formula is C24H26N2O5. The number of amides is 2. The van der Waals surface area contributed by atoms with Crippen molar-refractivity contribution >= 4 is 11.8 Å². The molecule has 2 saturated carbocycles. The number of hydrogen-bond donors (Lipinski definition) is 4. The molecule has 2 amide bonds. The van der Waals surface area contributed by atoms with E-state index >= 15 is 0 Å². The van der Waals surface area contributed by atoms with Crippen LogP contribution < -0.4 is 15.4 Å². The second-order valence-electron chi connectivity index (χ2n) is 8.83. The fraction of sp³-hybridized carbons (Fsp3) is 0.417. The Bertz CT molecular complexity index is 1030. The molecule has 3 aliphatic rings. The molecule has 5 atom stereocenters. The summed E-state index contributed by atoms with van der Waals surface area (Å²) < 4.78 is 5.93. The van der Waals surface area contributed by atoms with Crippen molar-refractivity contribution in [2.75, 3.05) is 20.3 Å². The third-order valence-corrected chi connectivity index (χ3v) is 7.12. The highest BCUT2D eigenvalue weighted by Crippen LogP contribution is 2.52. The van der Waals surface area contributed by atoms with Crippen LogP contribution in [0, 0.1) is 11.8 Å². The summed E-state index contributed by atoms with van der Waals surface area (Å²) in [6.07, 6.45) is 1.17. The van der Waals surface area contributed by atoms with Crippen molar-refractivity contribution in [1.82, 2.24) is 10.6 Å². The largest absolute Gasteiger partial charge is 0.491 e. The van der Waals surface area contributed by atoms with Crippen LogP contribution >= 0.6 is 0 Å². The minimum absolute atomic E-state index is 0.0700. The lowest BCUT2D eigenvalue weighted by molar-refractivity contribution is 0.0936. The quantitative estimate of drug-likeness (QED) is 0.580. The second kappa shape index (κ2) is 7.35. The van der Waals surface area contributed by atoms with Crippen molar-refractivity contribution in [2.45, 2.75) is 30.4 Å². The fourth-order valence-corrected chi connectivity index (χ4v) is 5.33.